The molecular formula is C18H25N3O7. The smallest absolute Gasteiger partial charge is 0.437 e. The van der Waals surface area contributed by atoms with Crippen LogP contribution >= 0.6 is 0 Å². The number of nitrogens with zero attached hydrogens (tertiary/aromatic N) is 1. The minimum absolute atomic E-state index is 0.210. The zero-order valence-corrected chi connectivity index (χ0v) is 15.4. The van der Waals surface area contributed by atoms with Crippen molar-refractivity contribution in [1.82, 2.24) is 5.32 Å². The number of carbonyl (C=O) groups is 2. The quantitative estimate of drug-likeness (QED) is 0.330. The normalized spacial score (nSPS) is 25.6. The first-order valence-corrected chi connectivity index (χ1v) is 9.00. The average molecular weight is 395 g/mol. The number of para-hydroxylation sites is 1. The molecule has 0 aliphatic carbocycles. The van der Waals surface area contributed by atoms with Crippen LogP contribution in [0.1, 0.15) is 26.2 Å². The largest absolute Gasteiger partial charge is 0.468 e. The molecule has 5 N–H and O–H groups in total. The third kappa shape index (κ3) is 5.91. The number of hydrogen-bond donors (Lipinski definition) is 5. The van der Waals surface area contributed by atoms with Crippen LogP contribution in [0.3, 0.4) is 0 Å². The number of unbranched alkanes of at least 4 members (excludes halogenated alkanes) is 1. The number of anilines is 1. The first-order valence-electron chi connectivity index (χ1n) is 9.00. The molecule has 1 saturated heterocycles. The third-order valence-corrected chi connectivity index (χ3v) is 4.10. The van der Waals surface area contributed by atoms with Gasteiger partial charge in [-0.2, -0.15) is 0 Å². The van der Waals surface area contributed by atoms with Gasteiger partial charge in [0.25, 0.3) is 5.90 Å². The third-order valence-electron chi connectivity index (χ3n) is 4.10. The summed E-state index contributed by atoms with van der Waals surface area (Å²) >= 11 is 0. The molecule has 2 amide bonds. The fourth-order valence-corrected chi connectivity index (χ4v) is 2.56. The highest BCUT2D eigenvalue weighted by Crippen LogP contribution is 2.18. The maximum atomic E-state index is 12.0. The monoisotopic (exact) mass is 395 g/mol. The van der Waals surface area contributed by atoms with Crippen molar-refractivity contribution in [3.05, 3.63) is 30.3 Å². The first kappa shape index (κ1) is 21.6. The number of amides is 2. The van der Waals surface area contributed by atoms with Crippen molar-refractivity contribution < 1.29 is 34.5 Å². The summed E-state index contributed by atoms with van der Waals surface area (Å²) in [6, 6.07) is 7.27. The molecule has 10 nitrogen and oxygen atoms in total. The van der Waals surface area contributed by atoms with Crippen LogP contribution in [0.25, 0.3) is 0 Å². The molecule has 10 heteroatoms. The van der Waals surface area contributed by atoms with E-state index in [1.165, 1.54) is 0 Å². The Balaban J connectivity index is 2.09. The zero-order valence-electron chi connectivity index (χ0n) is 15.4. The Kier molecular flexibility index (Phi) is 8.18. The molecule has 2 rings (SSSR count). The van der Waals surface area contributed by atoms with Crippen molar-refractivity contribution in [1.29, 1.82) is 0 Å². The van der Waals surface area contributed by atoms with Crippen molar-refractivity contribution >= 4 is 23.6 Å². The van der Waals surface area contributed by atoms with E-state index < -0.39 is 37.1 Å². The highest BCUT2D eigenvalue weighted by Gasteiger charge is 2.44. The van der Waals surface area contributed by atoms with Gasteiger partial charge in [0.2, 0.25) is 5.91 Å². The number of oxime groups is 1. The highest BCUT2D eigenvalue weighted by molar-refractivity contribution is 5.90. The molecule has 1 aromatic rings. The van der Waals surface area contributed by atoms with Gasteiger partial charge in [-0.3, -0.25) is 14.9 Å². The van der Waals surface area contributed by atoms with Crippen LogP contribution in [0.5, 0.6) is 0 Å². The average Bonchev–Trinajstić information content (AvgIpc) is 2.70. The number of ether oxygens (including phenoxy) is 1. The molecule has 0 saturated carbocycles. The van der Waals surface area contributed by atoms with E-state index in [9.17, 15) is 24.9 Å². The Bertz CT molecular complexity index is 683. The van der Waals surface area contributed by atoms with E-state index in [-0.39, 0.29) is 18.2 Å². The molecule has 0 unspecified atom stereocenters. The van der Waals surface area contributed by atoms with Crippen LogP contribution in [-0.4, -0.2) is 64.2 Å². The second kappa shape index (κ2) is 10.6. The molecule has 0 spiro atoms. The minimum atomic E-state index is -1.50. The number of rotatable bonds is 7. The zero-order chi connectivity index (χ0) is 20.5. The lowest BCUT2D eigenvalue weighted by molar-refractivity contribution is -0.128. The van der Waals surface area contributed by atoms with Crippen molar-refractivity contribution in [2.45, 2.75) is 50.5 Å². The van der Waals surface area contributed by atoms with Gasteiger partial charge in [0.1, 0.15) is 18.2 Å². The number of aliphatic hydroxyl groups excluding tert-OH is 3. The predicted molar refractivity (Wildman–Crippen MR) is 99.4 cm³/mol. The van der Waals surface area contributed by atoms with Gasteiger partial charge in [0.15, 0.2) is 6.10 Å². The van der Waals surface area contributed by atoms with Gasteiger partial charge in [-0.25, -0.2) is 4.79 Å². The molecular weight excluding hydrogens is 370 g/mol. The number of carbonyl (C=O) groups excluding carboxylic acids is 2. The molecule has 28 heavy (non-hydrogen) atoms. The van der Waals surface area contributed by atoms with Crippen LogP contribution in [0.2, 0.25) is 0 Å². The van der Waals surface area contributed by atoms with Crippen LogP contribution in [0.15, 0.2) is 35.5 Å². The van der Waals surface area contributed by atoms with Gasteiger partial charge in [0.05, 0.1) is 6.61 Å². The fraction of sp³-hybridized carbons (Fsp3) is 0.500. The van der Waals surface area contributed by atoms with E-state index in [2.05, 4.69) is 15.8 Å². The summed E-state index contributed by atoms with van der Waals surface area (Å²) < 4.78 is 5.31. The number of benzene rings is 1. The standard InChI is InChI=1S/C18H25N3O7/c1-2-3-9-13(23)20-14-16(25)15(24)12(10-22)27-17(14)21-28-18(26)19-11-7-5-4-6-8-11/h4-8,12,14-16,22,24-25H,2-3,9-10H2,1H3,(H,19,26)(H,20,23)/b21-17-/t12-,14-,15-,16-/m1/s1. The van der Waals surface area contributed by atoms with Crippen molar-refractivity contribution in [2.75, 3.05) is 11.9 Å². The van der Waals surface area contributed by atoms with Crippen LogP contribution in [0.4, 0.5) is 10.5 Å². The SMILES string of the molecule is CCCCC(=O)N[C@H]1/C(=N/OC(=O)Nc2ccccc2)O[C@H](CO)[C@@H](O)[C@@H]1O. The summed E-state index contributed by atoms with van der Waals surface area (Å²) in [6.45, 7) is 1.32. The summed E-state index contributed by atoms with van der Waals surface area (Å²) in [4.78, 5) is 28.6. The van der Waals surface area contributed by atoms with Crippen LogP contribution < -0.4 is 10.6 Å². The Morgan fingerprint density at radius 2 is 1.93 bits per heavy atom. The first-order chi connectivity index (χ1) is 13.5. The Hall–Kier alpha value is -2.69. The molecule has 0 aromatic heterocycles. The molecule has 1 aromatic carbocycles. The summed E-state index contributed by atoms with van der Waals surface area (Å²) in [5.41, 5.74) is 0.477. The van der Waals surface area contributed by atoms with Gasteiger partial charge in [-0.15, -0.1) is 0 Å². The van der Waals surface area contributed by atoms with Gasteiger partial charge >= 0.3 is 6.09 Å². The summed E-state index contributed by atoms with van der Waals surface area (Å²) in [7, 11) is 0. The van der Waals surface area contributed by atoms with Gasteiger partial charge < -0.3 is 25.4 Å². The van der Waals surface area contributed by atoms with Crippen molar-refractivity contribution in [2.24, 2.45) is 5.16 Å². The van der Waals surface area contributed by atoms with Crippen LogP contribution in [-0.2, 0) is 14.4 Å². The minimum Gasteiger partial charge on any atom is -0.468 e. The Morgan fingerprint density at radius 3 is 2.57 bits per heavy atom. The second-order valence-electron chi connectivity index (χ2n) is 6.27. The molecule has 1 fully saturated rings. The van der Waals surface area contributed by atoms with Crippen molar-refractivity contribution in [3.63, 3.8) is 0 Å². The molecule has 1 aliphatic heterocycles. The lowest BCUT2D eigenvalue weighted by Crippen LogP contribution is -2.62. The predicted octanol–water partition coefficient (Wildman–Crippen LogP) is 0.336. The topological polar surface area (TPSA) is 150 Å². The van der Waals surface area contributed by atoms with E-state index in [1.807, 2.05) is 6.92 Å². The fourth-order valence-electron chi connectivity index (χ4n) is 2.56. The lowest BCUT2D eigenvalue weighted by atomic mass is 9.97. The summed E-state index contributed by atoms with van der Waals surface area (Å²) in [5.74, 6) is -0.713. The maximum absolute atomic E-state index is 12.0. The number of nitrogens with one attached hydrogen (secondary N) is 2. The molecule has 0 bridgehead atoms. The Morgan fingerprint density at radius 1 is 1.21 bits per heavy atom. The number of aliphatic hydroxyl groups is 3. The van der Waals surface area contributed by atoms with E-state index >= 15 is 0 Å². The maximum Gasteiger partial charge on any atom is 0.437 e. The Labute approximate surface area is 162 Å². The molecule has 1 aliphatic rings. The van der Waals surface area contributed by atoms with E-state index in [0.29, 0.717) is 12.1 Å². The number of hydrogen-bond acceptors (Lipinski definition) is 8. The summed E-state index contributed by atoms with van der Waals surface area (Å²) in [6.07, 6.45) is -3.41. The van der Waals surface area contributed by atoms with E-state index in [0.717, 1.165) is 6.42 Å². The van der Waals surface area contributed by atoms with Crippen LogP contribution in [0, 0.1) is 0 Å². The summed E-state index contributed by atoms with van der Waals surface area (Å²) in [5, 5.41) is 38.1. The molecule has 4 atom stereocenters. The van der Waals surface area contributed by atoms with Gasteiger partial charge in [0, 0.05) is 12.1 Å². The molecule has 1 heterocycles. The molecule has 0 radical (unpaired) electrons. The second-order valence-corrected chi connectivity index (χ2v) is 6.27. The van der Waals surface area contributed by atoms with Gasteiger partial charge in [-0.1, -0.05) is 31.5 Å². The van der Waals surface area contributed by atoms with Crippen molar-refractivity contribution in [3.8, 4) is 0 Å². The van der Waals surface area contributed by atoms with E-state index in [4.69, 9.17) is 9.57 Å². The van der Waals surface area contributed by atoms with Gasteiger partial charge in [-0.05, 0) is 23.7 Å². The highest BCUT2D eigenvalue weighted by atomic mass is 16.7. The van der Waals surface area contributed by atoms with E-state index in [1.54, 1.807) is 30.3 Å². The molecule has 154 valence electrons. The lowest BCUT2D eigenvalue weighted by Gasteiger charge is -2.37.